The number of carbonyl (C=O) groups is 1. The molecule has 1 amide bonds. The molecule has 4 rings (SSSR count). The summed E-state index contributed by atoms with van der Waals surface area (Å²) in [6.45, 7) is 0.484. The van der Waals surface area contributed by atoms with E-state index >= 15 is 0 Å². The highest BCUT2D eigenvalue weighted by Gasteiger charge is 2.08. The quantitative estimate of drug-likeness (QED) is 0.561. The second-order valence-electron chi connectivity index (χ2n) is 6.10. The molecule has 0 aliphatic heterocycles. The molecule has 0 spiro atoms. The Labute approximate surface area is 157 Å². The number of nitrogens with one attached hydrogen (secondary N) is 2. The molecule has 2 heterocycles. The fourth-order valence-corrected chi connectivity index (χ4v) is 2.86. The molecule has 0 unspecified atom stereocenters. The van der Waals surface area contributed by atoms with E-state index in [0.717, 1.165) is 22.2 Å². The molecule has 0 saturated carbocycles. The molecule has 0 radical (unpaired) electrons. The van der Waals surface area contributed by atoms with Crippen molar-refractivity contribution in [2.75, 3.05) is 5.32 Å². The van der Waals surface area contributed by atoms with Crippen molar-refractivity contribution in [2.24, 2.45) is 0 Å². The number of nitrogens with zero attached hydrogens (tertiary/aromatic N) is 2. The number of anilines is 2. The van der Waals surface area contributed by atoms with Crippen LogP contribution in [-0.4, -0.2) is 15.9 Å². The topological polar surface area (TPSA) is 66.9 Å². The third-order valence-corrected chi connectivity index (χ3v) is 4.21. The van der Waals surface area contributed by atoms with Gasteiger partial charge in [-0.1, -0.05) is 48.5 Å². The highest BCUT2D eigenvalue weighted by molar-refractivity contribution is 5.95. The fourth-order valence-electron chi connectivity index (χ4n) is 2.86. The van der Waals surface area contributed by atoms with E-state index in [0.29, 0.717) is 17.9 Å². The lowest BCUT2D eigenvalue weighted by Crippen LogP contribution is -2.22. The molecular formula is C22H18N4O. The molecule has 0 fully saturated rings. The third kappa shape index (κ3) is 3.93. The van der Waals surface area contributed by atoms with Crippen LogP contribution in [0.2, 0.25) is 0 Å². The van der Waals surface area contributed by atoms with E-state index in [4.69, 9.17) is 0 Å². The lowest BCUT2D eigenvalue weighted by Gasteiger charge is -2.10. The van der Waals surface area contributed by atoms with Crippen molar-refractivity contribution in [1.82, 2.24) is 15.3 Å². The molecule has 27 heavy (non-hydrogen) atoms. The van der Waals surface area contributed by atoms with Crippen molar-refractivity contribution >= 4 is 28.3 Å². The summed E-state index contributed by atoms with van der Waals surface area (Å²) in [6, 6.07) is 23.1. The first-order valence-electron chi connectivity index (χ1n) is 8.68. The largest absolute Gasteiger partial charge is 0.348 e. The highest BCUT2D eigenvalue weighted by atomic mass is 16.1. The van der Waals surface area contributed by atoms with Gasteiger partial charge < -0.3 is 10.6 Å². The number of fused-ring (bicyclic) bond motifs is 1. The van der Waals surface area contributed by atoms with Crippen molar-refractivity contribution in [3.63, 3.8) is 0 Å². The average Bonchev–Trinajstić information content (AvgIpc) is 2.73. The van der Waals surface area contributed by atoms with Crippen LogP contribution in [0, 0.1) is 0 Å². The maximum absolute atomic E-state index is 12.5. The minimum Gasteiger partial charge on any atom is -0.348 e. The first kappa shape index (κ1) is 16.7. The van der Waals surface area contributed by atoms with Gasteiger partial charge in [0, 0.05) is 29.9 Å². The Kier molecular flexibility index (Phi) is 4.74. The van der Waals surface area contributed by atoms with Crippen molar-refractivity contribution in [3.05, 3.63) is 96.3 Å². The number of pyridine rings is 2. The summed E-state index contributed by atoms with van der Waals surface area (Å²) in [5, 5.41) is 7.23. The summed E-state index contributed by atoms with van der Waals surface area (Å²) in [4.78, 5) is 21.2. The summed E-state index contributed by atoms with van der Waals surface area (Å²) < 4.78 is 0. The SMILES string of the molecule is O=C(NCc1ccccc1)c1ccnc(Nc2cccc3cccnc23)c1. The number of amides is 1. The molecule has 2 N–H and O–H groups in total. The average molecular weight is 354 g/mol. The third-order valence-electron chi connectivity index (χ3n) is 4.21. The van der Waals surface area contributed by atoms with Crippen molar-refractivity contribution in [1.29, 1.82) is 0 Å². The second kappa shape index (κ2) is 7.66. The predicted octanol–water partition coefficient (Wildman–Crippen LogP) is 4.30. The zero-order valence-corrected chi connectivity index (χ0v) is 14.6. The van der Waals surface area contributed by atoms with Gasteiger partial charge in [0.1, 0.15) is 5.82 Å². The number of hydrogen-bond acceptors (Lipinski definition) is 4. The van der Waals surface area contributed by atoms with Crippen molar-refractivity contribution in [3.8, 4) is 0 Å². The van der Waals surface area contributed by atoms with Gasteiger partial charge in [-0.15, -0.1) is 0 Å². The summed E-state index contributed by atoms with van der Waals surface area (Å²) in [6.07, 6.45) is 3.38. The van der Waals surface area contributed by atoms with Gasteiger partial charge in [0.25, 0.3) is 5.91 Å². The van der Waals surface area contributed by atoms with Crippen LogP contribution in [0.5, 0.6) is 0 Å². The molecule has 2 aromatic heterocycles. The van der Waals surface area contributed by atoms with Crippen LogP contribution in [-0.2, 0) is 6.54 Å². The fraction of sp³-hybridized carbons (Fsp3) is 0.0455. The minimum absolute atomic E-state index is 0.139. The van der Waals surface area contributed by atoms with Gasteiger partial charge in [0.05, 0.1) is 11.2 Å². The Hall–Kier alpha value is -3.73. The first-order chi connectivity index (χ1) is 13.3. The highest BCUT2D eigenvalue weighted by Crippen LogP contribution is 2.23. The maximum Gasteiger partial charge on any atom is 0.251 e. The lowest BCUT2D eigenvalue weighted by molar-refractivity contribution is 0.0951. The molecule has 2 aromatic carbocycles. The van der Waals surface area contributed by atoms with E-state index in [1.165, 1.54) is 0 Å². The van der Waals surface area contributed by atoms with E-state index in [2.05, 4.69) is 20.6 Å². The van der Waals surface area contributed by atoms with E-state index in [9.17, 15) is 4.79 Å². The zero-order valence-electron chi connectivity index (χ0n) is 14.6. The second-order valence-corrected chi connectivity index (χ2v) is 6.10. The summed E-state index contributed by atoms with van der Waals surface area (Å²) in [5.41, 5.74) is 3.32. The van der Waals surface area contributed by atoms with Gasteiger partial charge in [-0.25, -0.2) is 4.98 Å². The summed E-state index contributed by atoms with van der Waals surface area (Å²) in [5.74, 6) is 0.459. The maximum atomic E-state index is 12.5. The van der Waals surface area contributed by atoms with Gasteiger partial charge in [-0.05, 0) is 29.8 Å². The van der Waals surface area contributed by atoms with Gasteiger partial charge in [-0.3, -0.25) is 9.78 Å². The molecule has 5 heteroatoms. The zero-order chi connectivity index (χ0) is 18.5. The minimum atomic E-state index is -0.139. The van der Waals surface area contributed by atoms with Gasteiger partial charge in [0.15, 0.2) is 0 Å². The van der Waals surface area contributed by atoms with Crippen LogP contribution in [0.25, 0.3) is 10.9 Å². The van der Waals surface area contributed by atoms with Crippen LogP contribution < -0.4 is 10.6 Å². The molecule has 5 nitrogen and oxygen atoms in total. The van der Waals surface area contributed by atoms with Gasteiger partial charge in [0.2, 0.25) is 0 Å². The molecular weight excluding hydrogens is 336 g/mol. The van der Waals surface area contributed by atoms with Crippen LogP contribution in [0.4, 0.5) is 11.5 Å². The Morgan fingerprint density at radius 1 is 0.852 bits per heavy atom. The standard InChI is InChI=1S/C22H18N4O/c27-22(25-15-16-6-2-1-3-7-16)18-11-13-23-20(14-18)26-19-10-4-8-17-9-5-12-24-21(17)19/h1-14H,15H2,(H,23,26)(H,25,27). The number of hydrogen-bond donors (Lipinski definition) is 2. The Morgan fingerprint density at radius 3 is 2.59 bits per heavy atom. The van der Waals surface area contributed by atoms with E-state index < -0.39 is 0 Å². The summed E-state index contributed by atoms with van der Waals surface area (Å²) >= 11 is 0. The Balaban J connectivity index is 1.51. The van der Waals surface area contributed by atoms with E-state index in [1.54, 1.807) is 24.5 Å². The van der Waals surface area contributed by atoms with E-state index in [1.807, 2.05) is 60.7 Å². The molecule has 0 bridgehead atoms. The lowest BCUT2D eigenvalue weighted by atomic mass is 10.2. The summed E-state index contributed by atoms with van der Waals surface area (Å²) in [7, 11) is 0. The number of carbonyl (C=O) groups excluding carboxylic acids is 1. The Bertz CT molecular complexity index is 1070. The van der Waals surface area contributed by atoms with Gasteiger partial charge in [-0.2, -0.15) is 0 Å². The molecule has 0 saturated heterocycles. The molecule has 4 aromatic rings. The van der Waals surface area contributed by atoms with Crippen LogP contribution in [0.3, 0.4) is 0 Å². The van der Waals surface area contributed by atoms with Crippen molar-refractivity contribution < 1.29 is 4.79 Å². The van der Waals surface area contributed by atoms with Crippen molar-refractivity contribution in [2.45, 2.75) is 6.54 Å². The number of benzene rings is 2. The predicted molar refractivity (Wildman–Crippen MR) is 107 cm³/mol. The monoisotopic (exact) mass is 354 g/mol. The molecule has 132 valence electrons. The van der Waals surface area contributed by atoms with E-state index in [-0.39, 0.29) is 5.91 Å². The number of rotatable bonds is 5. The molecule has 0 aliphatic carbocycles. The van der Waals surface area contributed by atoms with Crippen LogP contribution in [0.1, 0.15) is 15.9 Å². The Morgan fingerprint density at radius 2 is 1.70 bits per heavy atom. The molecule has 0 aliphatic rings. The van der Waals surface area contributed by atoms with Crippen LogP contribution >= 0.6 is 0 Å². The number of para-hydroxylation sites is 1. The normalized spacial score (nSPS) is 10.5. The molecule has 0 atom stereocenters. The van der Waals surface area contributed by atoms with Crippen LogP contribution in [0.15, 0.2) is 85.2 Å². The number of aromatic nitrogens is 2. The van der Waals surface area contributed by atoms with Gasteiger partial charge >= 0.3 is 0 Å². The smallest absolute Gasteiger partial charge is 0.251 e. The first-order valence-corrected chi connectivity index (χ1v) is 8.68.